The summed E-state index contributed by atoms with van der Waals surface area (Å²) in [7, 11) is 3.54. The fourth-order valence-electron chi connectivity index (χ4n) is 5.06. The molecule has 0 spiro atoms. The average Bonchev–Trinajstić information content (AvgIpc) is 2.82. The monoisotopic (exact) mass is 549 g/mol. The van der Waals surface area contributed by atoms with Crippen LogP contribution in [0.3, 0.4) is 0 Å². The Morgan fingerprint density at radius 3 is 2.31 bits per heavy atom. The summed E-state index contributed by atoms with van der Waals surface area (Å²) in [6, 6.07) is 1.60. The molecule has 0 bridgehead atoms. The fraction of sp³-hybridized carbons (Fsp3) is 0.643. The van der Waals surface area contributed by atoms with Crippen LogP contribution in [0, 0.1) is 11.8 Å². The lowest BCUT2D eigenvalue weighted by Gasteiger charge is -2.37. The third-order valence-corrected chi connectivity index (χ3v) is 7.07. The number of hydrogen-bond donors (Lipinski definition) is 6. The van der Waals surface area contributed by atoms with Crippen molar-refractivity contribution < 1.29 is 39.6 Å². The van der Waals surface area contributed by atoms with E-state index in [9.17, 15) is 39.6 Å². The molecule has 0 saturated heterocycles. The van der Waals surface area contributed by atoms with Gasteiger partial charge in [0.15, 0.2) is 11.6 Å². The average molecular weight is 550 g/mol. The summed E-state index contributed by atoms with van der Waals surface area (Å²) >= 11 is 0. The van der Waals surface area contributed by atoms with Crippen molar-refractivity contribution in [2.75, 3.05) is 44.1 Å². The Kier molecular flexibility index (Phi) is 10.8. The van der Waals surface area contributed by atoms with Gasteiger partial charge in [-0.2, -0.15) is 0 Å². The quantitative estimate of drug-likeness (QED) is 0.155. The number of anilines is 2. The predicted octanol–water partition coefficient (Wildman–Crippen LogP) is 1.19. The second-order valence-corrected chi connectivity index (χ2v) is 11.7. The van der Waals surface area contributed by atoms with Gasteiger partial charge in [-0.15, -0.1) is 0 Å². The first kappa shape index (κ1) is 32.4. The number of phenols is 1. The Hall–Kier alpha value is -2.86. The lowest BCUT2D eigenvalue weighted by atomic mass is 9.71. The van der Waals surface area contributed by atoms with Crippen LogP contribution < -0.4 is 15.5 Å². The van der Waals surface area contributed by atoms with Crippen molar-refractivity contribution in [1.29, 1.82) is 0 Å². The Bertz CT molecular complexity index is 1100. The molecule has 218 valence electrons. The van der Waals surface area contributed by atoms with E-state index < -0.39 is 36.1 Å². The van der Waals surface area contributed by atoms with E-state index in [1.165, 1.54) is 6.92 Å². The molecule has 0 saturated carbocycles. The number of ketones is 3. The SMILES string of the molecule is CC(=O)CC(=O)[C@@](O)(CO)C(CCO)CC1CC(=O)c2c(O)c(NC(=O)CNC(C)(C)C)cc(N(C)C)c2C1. The van der Waals surface area contributed by atoms with Crippen molar-refractivity contribution in [1.82, 2.24) is 5.32 Å². The topological polar surface area (TPSA) is 176 Å². The van der Waals surface area contributed by atoms with Gasteiger partial charge in [0, 0.05) is 38.3 Å². The minimum atomic E-state index is -2.24. The molecular weight excluding hydrogens is 506 g/mol. The van der Waals surface area contributed by atoms with Crippen molar-refractivity contribution in [3.8, 4) is 5.75 Å². The number of benzene rings is 1. The zero-order valence-corrected chi connectivity index (χ0v) is 23.8. The lowest BCUT2D eigenvalue weighted by Crippen LogP contribution is -2.51. The highest BCUT2D eigenvalue weighted by Crippen LogP contribution is 2.44. The molecule has 0 heterocycles. The van der Waals surface area contributed by atoms with E-state index >= 15 is 0 Å². The number of aliphatic hydroxyl groups is 3. The summed E-state index contributed by atoms with van der Waals surface area (Å²) in [5.74, 6) is -3.62. The van der Waals surface area contributed by atoms with Crippen LogP contribution >= 0.6 is 0 Å². The van der Waals surface area contributed by atoms with Gasteiger partial charge in [0.25, 0.3) is 0 Å². The molecule has 11 heteroatoms. The highest BCUT2D eigenvalue weighted by molar-refractivity contribution is 6.06. The lowest BCUT2D eigenvalue weighted by molar-refractivity contribution is -0.152. The van der Waals surface area contributed by atoms with E-state index in [0.717, 1.165) is 0 Å². The van der Waals surface area contributed by atoms with Gasteiger partial charge in [-0.05, 0) is 70.4 Å². The Morgan fingerprint density at radius 2 is 1.79 bits per heavy atom. The number of hydrogen-bond acceptors (Lipinski definition) is 10. The molecule has 0 aromatic heterocycles. The first-order valence-corrected chi connectivity index (χ1v) is 13.1. The third-order valence-electron chi connectivity index (χ3n) is 7.07. The number of rotatable bonds is 13. The van der Waals surface area contributed by atoms with Crippen LogP contribution in [0.1, 0.15) is 69.3 Å². The molecule has 0 aliphatic heterocycles. The number of carbonyl (C=O) groups excluding carboxylic acids is 4. The molecule has 1 aliphatic rings. The maximum absolute atomic E-state index is 13.3. The number of fused-ring (bicyclic) bond motifs is 1. The van der Waals surface area contributed by atoms with Crippen LogP contribution in [-0.2, 0) is 20.8 Å². The highest BCUT2D eigenvalue weighted by atomic mass is 16.3. The van der Waals surface area contributed by atoms with Crippen molar-refractivity contribution in [3.63, 3.8) is 0 Å². The number of amides is 1. The van der Waals surface area contributed by atoms with Crippen molar-refractivity contribution in [3.05, 3.63) is 17.2 Å². The zero-order valence-electron chi connectivity index (χ0n) is 23.8. The van der Waals surface area contributed by atoms with Crippen molar-refractivity contribution in [2.45, 2.75) is 70.9 Å². The van der Waals surface area contributed by atoms with Crippen molar-refractivity contribution >= 4 is 34.6 Å². The molecular formula is C28H43N3O8. The molecule has 2 rings (SSSR count). The van der Waals surface area contributed by atoms with E-state index in [1.807, 2.05) is 20.8 Å². The van der Waals surface area contributed by atoms with E-state index in [1.54, 1.807) is 25.1 Å². The molecule has 1 amide bonds. The summed E-state index contributed by atoms with van der Waals surface area (Å²) in [5, 5.41) is 47.4. The summed E-state index contributed by atoms with van der Waals surface area (Å²) in [4.78, 5) is 51.8. The van der Waals surface area contributed by atoms with Crippen LogP contribution in [0.15, 0.2) is 6.07 Å². The Balaban J connectivity index is 2.40. The number of aliphatic hydroxyl groups excluding tert-OH is 2. The van der Waals surface area contributed by atoms with Gasteiger partial charge < -0.3 is 36.0 Å². The largest absolute Gasteiger partial charge is 0.505 e. The number of aromatic hydroxyl groups is 1. The Labute approximate surface area is 229 Å². The number of nitrogens with zero attached hydrogens (tertiary/aromatic N) is 1. The second-order valence-electron chi connectivity index (χ2n) is 11.7. The molecule has 1 aromatic rings. The summed E-state index contributed by atoms with van der Waals surface area (Å²) in [5.41, 5.74) is -1.12. The molecule has 11 nitrogen and oxygen atoms in total. The van der Waals surface area contributed by atoms with Crippen LogP contribution in [0.2, 0.25) is 0 Å². The van der Waals surface area contributed by atoms with E-state index in [0.29, 0.717) is 17.7 Å². The van der Waals surface area contributed by atoms with Gasteiger partial charge in [0.2, 0.25) is 5.91 Å². The van der Waals surface area contributed by atoms with Gasteiger partial charge in [-0.25, -0.2) is 0 Å². The smallest absolute Gasteiger partial charge is 0.238 e. The molecule has 1 aliphatic carbocycles. The molecule has 39 heavy (non-hydrogen) atoms. The maximum Gasteiger partial charge on any atom is 0.238 e. The Morgan fingerprint density at radius 1 is 1.15 bits per heavy atom. The van der Waals surface area contributed by atoms with Gasteiger partial charge in [-0.1, -0.05) is 0 Å². The first-order chi connectivity index (χ1) is 18.0. The molecule has 3 atom stereocenters. The van der Waals surface area contributed by atoms with Crippen LogP contribution in [0.4, 0.5) is 11.4 Å². The van der Waals surface area contributed by atoms with Gasteiger partial charge in [0.05, 0.1) is 30.8 Å². The van der Waals surface area contributed by atoms with E-state index in [2.05, 4.69) is 10.6 Å². The third kappa shape index (κ3) is 8.07. The van der Waals surface area contributed by atoms with E-state index in [-0.39, 0.29) is 72.6 Å². The molecule has 1 aromatic carbocycles. The maximum atomic E-state index is 13.3. The minimum Gasteiger partial charge on any atom is -0.505 e. The second kappa shape index (κ2) is 13.0. The van der Waals surface area contributed by atoms with Crippen LogP contribution in [0.5, 0.6) is 5.75 Å². The molecule has 2 unspecified atom stereocenters. The molecule has 6 N–H and O–H groups in total. The number of Topliss-reactive ketones (excluding diaryl/α,β-unsaturated/α-hetero) is 3. The first-order valence-electron chi connectivity index (χ1n) is 13.1. The standard InChI is InChI=1S/C28H43N3O8/c1-16(34)9-23(36)28(39,15-33)18(7-8-32)10-17-11-19-21(31(5)6)13-20(26(38)25(19)22(35)12-17)30-24(37)14-29-27(2,3)4/h13,17-18,29,32-33,38-39H,7-12,14-15H2,1-6H3,(H,30,37)/t17?,18?,28-/m1/s1. The molecule has 0 radical (unpaired) electrons. The van der Waals surface area contributed by atoms with Crippen molar-refractivity contribution in [2.24, 2.45) is 11.8 Å². The zero-order chi connectivity index (χ0) is 29.7. The molecule has 0 fully saturated rings. The van der Waals surface area contributed by atoms with Crippen LogP contribution in [-0.4, -0.2) is 88.7 Å². The predicted molar refractivity (Wildman–Crippen MR) is 147 cm³/mol. The normalized spacial score (nSPS) is 17.7. The fourth-order valence-corrected chi connectivity index (χ4v) is 5.06. The summed E-state index contributed by atoms with van der Waals surface area (Å²) < 4.78 is 0. The number of nitrogens with one attached hydrogen (secondary N) is 2. The van der Waals surface area contributed by atoms with Gasteiger partial charge in [-0.3, -0.25) is 19.2 Å². The van der Waals surface area contributed by atoms with E-state index in [4.69, 9.17) is 0 Å². The minimum absolute atomic E-state index is 0.00963. The van der Waals surface area contributed by atoms with Crippen LogP contribution in [0.25, 0.3) is 0 Å². The summed E-state index contributed by atoms with van der Waals surface area (Å²) in [6.45, 7) is 5.69. The number of carbonyl (C=O) groups is 4. The number of phenolic OH excluding ortho intramolecular Hbond substituents is 1. The van der Waals surface area contributed by atoms with Gasteiger partial charge in [0.1, 0.15) is 17.1 Å². The summed E-state index contributed by atoms with van der Waals surface area (Å²) in [6.07, 6.45) is -0.147. The van der Waals surface area contributed by atoms with Gasteiger partial charge >= 0.3 is 0 Å². The highest BCUT2D eigenvalue weighted by Gasteiger charge is 2.45.